The fourth-order valence-electron chi connectivity index (χ4n) is 1.31. The molecule has 2 rings (SSSR count). The van der Waals surface area contributed by atoms with E-state index < -0.39 is 0 Å². The number of hydrogen-bond acceptors (Lipinski definition) is 3. The Labute approximate surface area is 79.0 Å². The first-order valence-corrected chi connectivity index (χ1v) is 3.97. The van der Waals surface area contributed by atoms with Crippen LogP contribution in [0.1, 0.15) is 5.56 Å². The molecule has 0 saturated carbocycles. The van der Waals surface area contributed by atoms with E-state index in [0.29, 0.717) is 16.5 Å². The smallest absolute Gasteiger partial charge is 0.252 e. The van der Waals surface area contributed by atoms with E-state index in [1.807, 2.05) is 6.07 Å². The number of H-pyrrole nitrogens is 1. The van der Waals surface area contributed by atoms with Gasteiger partial charge in [0.15, 0.2) is 0 Å². The summed E-state index contributed by atoms with van der Waals surface area (Å²) in [7, 11) is 0. The Morgan fingerprint density at radius 2 is 2.14 bits per heavy atom. The van der Waals surface area contributed by atoms with Gasteiger partial charge in [-0.1, -0.05) is 0 Å². The predicted octanol–water partition coefficient (Wildman–Crippen LogP) is 1.11. The molecule has 2 aromatic rings. The van der Waals surface area contributed by atoms with Crippen molar-refractivity contribution in [2.45, 2.75) is 0 Å². The van der Waals surface area contributed by atoms with Crippen molar-refractivity contribution < 1.29 is 5.11 Å². The van der Waals surface area contributed by atoms with Gasteiger partial charge in [0.25, 0.3) is 5.56 Å². The van der Waals surface area contributed by atoms with Gasteiger partial charge in [0.05, 0.1) is 17.1 Å². The topological polar surface area (TPSA) is 76.9 Å². The molecule has 0 bridgehead atoms. The van der Waals surface area contributed by atoms with Crippen molar-refractivity contribution in [2.24, 2.45) is 0 Å². The van der Waals surface area contributed by atoms with Crippen molar-refractivity contribution >= 4 is 10.9 Å². The number of aromatic amines is 1. The number of nitrogens with one attached hydrogen (secondary N) is 1. The molecule has 1 aromatic carbocycles. The highest BCUT2D eigenvalue weighted by Gasteiger charge is 2.02. The van der Waals surface area contributed by atoms with E-state index >= 15 is 0 Å². The Hall–Kier alpha value is -2.28. The molecule has 0 fully saturated rings. The van der Waals surface area contributed by atoms with Crippen LogP contribution in [0.4, 0.5) is 0 Å². The lowest BCUT2D eigenvalue weighted by molar-refractivity contribution is 0.480. The summed E-state index contributed by atoms with van der Waals surface area (Å²) in [4.78, 5) is 13.5. The highest BCUT2D eigenvalue weighted by molar-refractivity contribution is 5.85. The molecule has 68 valence electrons. The number of aromatic nitrogens is 1. The van der Waals surface area contributed by atoms with E-state index in [1.54, 1.807) is 12.1 Å². The third kappa shape index (κ3) is 1.21. The van der Waals surface area contributed by atoms with E-state index in [9.17, 15) is 9.90 Å². The minimum Gasteiger partial charge on any atom is -0.507 e. The van der Waals surface area contributed by atoms with Crippen molar-refractivity contribution in [2.75, 3.05) is 0 Å². The molecule has 0 spiro atoms. The van der Waals surface area contributed by atoms with E-state index in [-0.39, 0.29) is 11.3 Å². The van der Waals surface area contributed by atoms with Gasteiger partial charge in [0.1, 0.15) is 5.75 Å². The maximum Gasteiger partial charge on any atom is 0.252 e. The summed E-state index contributed by atoms with van der Waals surface area (Å²) < 4.78 is 0. The maximum absolute atomic E-state index is 11.0. The molecule has 4 nitrogen and oxygen atoms in total. The minimum atomic E-state index is -0.384. The first-order chi connectivity index (χ1) is 6.70. The molecule has 0 amide bonds. The third-order valence-electron chi connectivity index (χ3n) is 1.95. The lowest BCUT2D eigenvalue weighted by atomic mass is 10.1. The van der Waals surface area contributed by atoms with Crippen molar-refractivity contribution in [3.8, 4) is 11.8 Å². The number of nitrogens with zero attached hydrogens (tertiary/aromatic N) is 1. The Kier molecular flexibility index (Phi) is 1.72. The van der Waals surface area contributed by atoms with Gasteiger partial charge in [-0.3, -0.25) is 4.79 Å². The van der Waals surface area contributed by atoms with E-state index in [2.05, 4.69) is 4.98 Å². The SMILES string of the molecule is N#Cc1ccc2c(O)cc(=O)[nH]c2c1. The zero-order chi connectivity index (χ0) is 10.1. The van der Waals surface area contributed by atoms with Crippen molar-refractivity contribution in [1.82, 2.24) is 4.98 Å². The minimum absolute atomic E-state index is 0.0757. The first kappa shape index (κ1) is 8.32. The molecule has 2 N–H and O–H groups in total. The van der Waals surface area contributed by atoms with Gasteiger partial charge in [0.2, 0.25) is 0 Å². The van der Waals surface area contributed by atoms with Crippen molar-refractivity contribution in [3.63, 3.8) is 0 Å². The van der Waals surface area contributed by atoms with Gasteiger partial charge in [0, 0.05) is 11.5 Å². The van der Waals surface area contributed by atoms with Crippen LogP contribution in [0.3, 0.4) is 0 Å². The normalized spacial score (nSPS) is 9.93. The highest BCUT2D eigenvalue weighted by atomic mass is 16.3. The number of aromatic hydroxyl groups is 1. The van der Waals surface area contributed by atoms with Crippen LogP contribution >= 0.6 is 0 Å². The molecule has 0 unspecified atom stereocenters. The second-order valence-electron chi connectivity index (χ2n) is 2.89. The van der Waals surface area contributed by atoms with Gasteiger partial charge in [-0.05, 0) is 18.2 Å². The average Bonchev–Trinajstić information content (AvgIpc) is 2.16. The molecule has 0 saturated heterocycles. The van der Waals surface area contributed by atoms with Gasteiger partial charge < -0.3 is 10.1 Å². The summed E-state index contributed by atoms with van der Waals surface area (Å²) >= 11 is 0. The van der Waals surface area contributed by atoms with Crippen LogP contribution in [0.15, 0.2) is 29.1 Å². The number of pyridine rings is 1. The fourth-order valence-corrected chi connectivity index (χ4v) is 1.31. The largest absolute Gasteiger partial charge is 0.507 e. The van der Waals surface area contributed by atoms with E-state index in [0.717, 1.165) is 6.07 Å². The zero-order valence-electron chi connectivity index (χ0n) is 7.11. The Morgan fingerprint density at radius 3 is 2.86 bits per heavy atom. The van der Waals surface area contributed by atoms with Gasteiger partial charge in [-0.2, -0.15) is 5.26 Å². The number of rotatable bonds is 0. The first-order valence-electron chi connectivity index (χ1n) is 3.97. The van der Waals surface area contributed by atoms with Crippen LogP contribution in [0, 0.1) is 11.3 Å². The van der Waals surface area contributed by atoms with Gasteiger partial charge >= 0.3 is 0 Å². The summed E-state index contributed by atoms with van der Waals surface area (Å²) in [5.74, 6) is -0.0757. The molecule has 14 heavy (non-hydrogen) atoms. The standard InChI is InChI=1S/C10H6N2O2/c11-5-6-1-2-7-8(3-6)12-10(14)4-9(7)13/h1-4H,(H2,12,13,14). The number of fused-ring (bicyclic) bond motifs is 1. The monoisotopic (exact) mass is 186 g/mol. The molecule has 0 aliphatic carbocycles. The van der Waals surface area contributed by atoms with Crippen LogP contribution in [-0.2, 0) is 0 Å². The Balaban J connectivity index is 2.90. The summed E-state index contributed by atoms with van der Waals surface area (Å²) in [6.45, 7) is 0. The molecule has 0 atom stereocenters. The Morgan fingerprint density at radius 1 is 1.36 bits per heavy atom. The summed E-state index contributed by atoms with van der Waals surface area (Å²) in [6, 6.07) is 7.76. The van der Waals surface area contributed by atoms with Crippen LogP contribution in [-0.4, -0.2) is 10.1 Å². The van der Waals surface area contributed by atoms with Crippen LogP contribution < -0.4 is 5.56 Å². The maximum atomic E-state index is 11.0. The lowest BCUT2D eigenvalue weighted by Gasteiger charge is -1.99. The molecule has 0 aliphatic heterocycles. The molecule has 1 aromatic heterocycles. The van der Waals surface area contributed by atoms with E-state index in [4.69, 9.17) is 5.26 Å². The molecule has 0 aliphatic rings. The van der Waals surface area contributed by atoms with Crippen molar-refractivity contribution in [3.05, 3.63) is 40.2 Å². The predicted molar refractivity (Wildman–Crippen MR) is 50.9 cm³/mol. The lowest BCUT2D eigenvalue weighted by Crippen LogP contribution is -2.02. The molecule has 0 radical (unpaired) electrons. The third-order valence-corrected chi connectivity index (χ3v) is 1.95. The molecule has 4 heteroatoms. The summed E-state index contributed by atoms with van der Waals surface area (Å²) in [6.07, 6.45) is 0. The second kappa shape index (κ2) is 2.89. The molecular formula is C10H6N2O2. The summed E-state index contributed by atoms with van der Waals surface area (Å²) in [5, 5.41) is 18.6. The van der Waals surface area contributed by atoms with Crippen LogP contribution in [0.25, 0.3) is 10.9 Å². The Bertz CT molecular complexity index is 593. The van der Waals surface area contributed by atoms with Gasteiger partial charge in [-0.25, -0.2) is 0 Å². The fraction of sp³-hybridized carbons (Fsp3) is 0. The quantitative estimate of drug-likeness (QED) is 0.646. The highest BCUT2D eigenvalue weighted by Crippen LogP contribution is 2.20. The zero-order valence-corrected chi connectivity index (χ0v) is 7.11. The van der Waals surface area contributed by atoms with E-state index in [1.165, 1.54) is 6.07 Å². The van der Waals surface area contributed by atoms with Crippen LogP contribution in [0.2, 0.25) is 0 Å². The van der Waals surface area contributed by atoms with Crippen molar-refractivity contribution in [1.29, 1.82) is 5.26 Å². The van der Waals surface area contributed by atoms with Crippen LogP contribution in [0.5, 0.6) is 5.75 Å². The second-order valence-corrected chi connectivity index (χ2v) is 2.89. The average molecular weight is 186 g/mol. The molecule has 1 heterocycles. The number of hydrogen-bond donors (Lipinski definition) is 2. The molecular weight excluding hydrogens is 180 g/mol. The van der Waals surface area contributed by atoms with Gasteiger partial charge in [-0.15, -0.1) is 0 Å². The summed E-state index contributed by atoms with van der Waals surface area (Å²) in [5.41, 5.74) is 0.526. The number of benzene rings is 1. The number of nitriles is 1.